The molecule has 1 N–H and O–H groups in total. The number of hydrogen-bond acceptors (Lipinski definition) is 4. The number of fused-ring (bicyclic) bond motifs is 2. The molecule has 1 unspecified atom stereocenters. The number of likely N-dealkylation sites (tertiary alicyclic amines) is 1. The molecule has 0 saturated carbocycles. The Morgan fingerprint density at radius 1 is 1.36 bits per heavy atom. The molecule has 0 bridgehead atoms. The summed E-state index contributed by atoms with van der Waals surface area (Å²) >= 11 is 0. The topological polar surface area (TPSA) is 87.1 Å². The van der Waals surface area contributed by atoms with Gasteiger partial charge in [0.1, 0.15) is 5.54 Å². The molecular weight excluding hydrogens is 327 g/mol. The minimum Gasteiger partial charge on any atom is -0.337 e. The van der Waals surface area contributed by atoms with Crippen molar-refractivity contribution in [1.29, 1.82) is 0 Å². The van der Waals surface area contributed by atoms with Crippen LogP contribution in [0.2, 0.25) is 0 Å². The average Bonchev–Trinajstić information content (AvgIpc) is 3.28. The van der Waals surface area contributed by atoms with Crippen molar-refractivity contribution in [3.05, 3.63) is 35.4 Å². The summed E-state index contributed by atoms with van der Waals surface area (Å²) in [7, 11) is 1.93. The lowest BCUT2D eigenvalue weighted by Crippen LogP contribution is -2.55. The zero-order valence-electron chi connectivity index (χ0n) is 14.1. The van der Waals surface area contributed by atoms with E-state index in [2.05, 4.69) is 15.2 Å². The first kappa shape index (κ1) is 15.8. The smallest absolute Gasteiger partial charge is 0.275 e. The first-order chi connectivity index (χ1) is 11.9. The maximum absolute atomic E-state index is 13.7. The Morgan fingerprint density at radius 3 is 2.84 bits per heavy atom. The van der Waals surface area contributed by atoms with Gasteiger partial charge in [-0.05, 0) is 6.42 Å². The van der Waals surface area contributed by atoms with Crippen LogP contribution in [0.5, 0.6) is 0 Å². The van der Waals surface area contributed by atoms with Crippen molar-refractivity contribution in [3.63, 3.8) is 0 Å². The van der Waals surface area contributed by atoms with Gasteiger partial charge in [0.25, 0.3) is 5.91 Å². The predicted molar refractivity (Wildman–Crippen MR) is 85.0 cm³/mol. The van der Waals surface area contributed by atoms with Crippen molar-refractivity contribution in [2.24, 2.45) is 7.05 Å². The van der Waals surface area contributed by atoms with Gasteiger partial charge in [-0.15, -0.1) is 0 Å². The molecule has 0 aliphatic carbocycles. The van der Waals surface area contributed by atoms with Crippen LogP contribution >= 0.6 is 0 Å². The second-order valence-corrected chi connectivity index (χ2v) is 6.67. The second-order valence-electron chi connectivity index (χ2n) is 6.67. The first-order valence-electron chi connectivity index (χ1n) is 8.21. The van der Waals surface area contributed by atoms with E-state index in [0.29, 0.717) is 26.1 Å². The zero-order valence-corrected chi connectivity index (χ0v) is 14.1. The largest absolute Gasteiger partial charge is 0.337 e. The minimum atomic E-state index is -0.670. The second kappa shape index (κ2) is 5.40. The summed E-state index contributed by atoms with van der Waals surface area (Å²) < 4.78 is 15.7. The van der Waals surface area contributed by atoms with Crippen LogP contribution < -0.4 is 0 Å². The maximum Gasteiger partial charge on any atom is 0.275 e. The zero-order chi connectivity index (χ0) is 17.8. The van der Waals surface area contributed by atoms with E-state index < -0.39 is 17.3 Å². The molecule has 2 aromatic rings. The summed E-state index contributed by atoms with van der Waals surface area (Å²) in [5, 5.41) is 5.99. The van der Waals surface area contributed by atoms with Gasteiger partial charge in [0.2, 0.25) is 5.91 Å². The molecule has 1 fully saturated rings. The quantitative estimate of drug-likeness (QED) is 0.811. The molecule has 9 heteroatoms. The number of H-pyrrole nitrogens is 1. The molecular formula is C16H19FN6O2. The molecule has 2 aromatic heterocycles. The molecule has 0 radical (unpaired) electrons. The van der Waals surface area contributed by atoms with Crippen LogP contribution in [0.4, 0.5) is 4.39 Å². The number of aromatic nitrogens is 4. The molecule has 0 aromatic carbocycles. The van der Waals surface area contributed by atoms with Crippen LogP contribution in [0, 0.1) is 5.82 Å². The Hall–Kier alpha value is -2.71. The number of carbonyl (C=O) groups is 2. The Bertz CT molecular complexity index is 859. The number of nitrogens with zero attached hydrogens (tertiary/aromatic N) is 5. The summed E-state index contributed by atoms with van der Waals surface area (Å²) in [6, 6.07) is 0. The van der Waals surface area contributed by atoms with Crippen molar-refractivity contribution >= 4 is 11.8 Å². The third-order valence-electron chi connectivity index (χ3n) is 5.31. The monoisotopic (exact) mass is 346 g/mol. The number of amides is 2. The van der Waals surface area contributed by atoms with Crippen molar-refractivity contribution in [3.8, 4) is 0 Å². The molecule has 4 heterocycles. The highest BCUT2D eigenvalue weighted by Gasteiger charge is 2.52. The maximum atomic E-state index is 13.7. The van der Waals surface area contributed by atoms with Crippen LogP contribution in [0.3, 0.4) is 0 Å². The Kier molecular flexibility index (Phi) is 3.41. The van der Waals surface area contributed by atoms with E-state index in [-0.39, 0.29) is 11.6 Å². The molecule has 2 aliphatic heterocycles. The number of halogens is 1. The van der Waals surface area contributed by atoms with Crippen LogP contribution in [0.15, 0.2) is 12.5 Å². The predicted octanol–water partition coefficient (Wildman–Crippen LogP) is 0.428. The van der Waals surface area contributed by atoms with Crippen molar-refractivity contribution in [2.75, 3.05) is 19.6 Å². The molecule has 2 amide bonds. The van der Waals surface area contributed by atoms with Crippen LogP contribution in [0.25, 0.3) is 0 Å². The molecule has 4 rings (SSSR count). The van der Waals surface area contributed by atoms with E-state index >= 15 is 0 Å². The molecule has 2 aliphatic rings. The number of aryl methyl sites for hydroxylation is 1. The lowest BCUT2D eigenvalue weighted by molar-refractivity contribution is -0.136. The molecule has 1 spiro atoms. The van der Waals surface area contributed by atoms with Crippen LogP contribution in [-0.4, -0.2) is 61.0 Å². The lowest BCUT2D eigenvalue weighted by Gasteiger charge is -2.43. The summed E-state index contributed by atoms with van der Waals surface area (Å²) in [5.74, 6) is -1.16. The Labute approximate surface area is 143 Å². The van der Waals surface area contributed by atoms with Crippen molar-refractivity contribution in [1.82, 2.24) is 29.5 Å². The van der Waals surface area contributed by atoms with Gasteiger partial charge in [0.15, 0.2) is 11.5 Å². The molecule has 8 nitrogen and oxygen atoms in total. The Balaban J connectivity index is 1.72. The average molecular weight is 346 g/mol. The summed E-state index contributed by atoms with van der Waals surface area (Å²) in [4.78, 5) is 32.8. The van der Waals surface area contributed by atoms with E-state index in [4.69, 9.17) is 0 Å². The number of aromatic amines is 1. The fourth-order valence-corrected chi connectivity index (χ4v) is 4.12. The normalized spacial score (nSPS) is 22.5. The van der Waals surface area contributed by atoms with Gasteiger partial charge in [-0.2, -0.15) is 5.10 Å². The van der Waals surface area contributed by atoms with Gasteiger partial charge in [-0.25, -0.2) is 9.37 Å². The number of imidazole rings is 1. The van der Waals surface area contributed by atoms with Crippen molar-refractivity contribution < 1.29 is 14.0 Å². The number of nitrogens with one attached hydrogen (secondary N) is 1. The highest BCUT2D eigenvalue weighted by atomic mass is 19.1. The van der Waals surface area contributed by atoms with E-state index in [1.54, 1.807) is 16.1 Å². The van der Waals surface area contributed by atoms with Gasteiger partial charge >= 0.3 is 0 Å². The summed E-state index contributed by atoms with van der Waals surface area (Å²) in [5.41, 5.74) is 1.13. The van der Waals surface area contributed by atoms with Gasteiger partial charge < -0.3 is 14.4 Å². The minimum absolute atomic E-state index is 0.0432. The van der Waals surface area contributed by atoms with Gasteiger partial charge in [-0.3, -0.25) is 14.7 Å². The highest BCUT2D eigenvalue weighted by Crippen LogP contribution is 2.42. The number of rotatable bonds is 1. The number of hydrogen-bond donors (Lipinski definition) is 1. The standard InChI is InChI=1S/C16H19FN6O2/c1-10(24)23-5-3-12-14(18-9-21(12)2)16(23)4-6-22(8-16)15(25)13-11(17)7-19-20-13/h7,9H,3-6,8H2,1-2H3,(H,19,20). The fraction of sp³-hybridized carbons (Fsp3) is 0.500. The van der Waals surface area contributed by atoms with Crippen LogP contribution in [-0.2, 0) is 23.8 Å². The van der Waals surface area contributed by atoms with Gasteiger partial charge in [0.05, 0.1) is 24.8 Å². The lowest BCUT2D eigenvalue weighted by atomic mass is 9.86. The van der Waals surface area contributed by atoms with E-state index in [1.165, 1.54) is 6.92 Å². The molecule has 1 saturated heterocycles. The van der Waals surface area contributed by atoms with Crippen LogP contribution in [0.1, 0.15) is 35.2 Å². The third-order valence-corrected chi connectivity index (χ3v) is 5.31. The van der Waals surface area contributed by atoms with E-state index in [1.807, 2.05) is 11.6 Å². The van der Waals surface area contributed by atoms with E-state index in [9.17, 15) is 14.0 Å². The van der Waals surface area contributed by atoms with Gasteiger partial charge in [-0.1, -0.05) is 0 Å². The summed E-state index contributed by atoms with van der Waals surface area (Å²) in [6.07, 6.45) is 4.04. The SMILES string of the molecule is CC(=O)N1CCc2c(ncn2C)C12CCN(C(=O)c1[nH]ncc1F)C2. The first-order valence-corrected chi connectivity index (χ1v) is 8.21. The highest BCUT2D eigenvalue weighted by molar-refractivity contribution is 5.93. The van der Waals surface area contributed by atoms with Crippen molar-refractivity contribution in [2.45, 2.75) is 25.3 Å². The molecule has 25 heavy (non-hydrogen) atoms. The van der Waals surface area contributed by atoms with Gasteiger partial charge in [0, 0.05) is 39.2 Å². The van der Waals surface area contributed by atoms with E-state index in [0.717, 1.165) is 24.0 Å². The fourth-order valence-electron chi connectivity index (χ4n) is 4.12. The molecule has 1 atom stereocenters. The molecule has 132 valence electrons. The summed E-state index contributed by atoms with van der Waals surface area (Å²) in [6.45, 7) is 2.85. The Morgan fingerprint density at radius 2 is 2.16 bits per heavy atom. The third kappa shape index (κ3) is 2.18. The number of carbonyl (C=O) groups excluding carboxylic acids is 2.